The van der Waals surface area contributed by atoms with Crippen molar-refractivity contribution in [3.05, 3.63) is 64.7 Å². The smallest absolute Gasteiger partial charge is 0.244 e. The molecule has 3 rings (SSSR count). The van der Waals surface area contributed by atoms with E-state index in [0.717, 1.165) is 12.0 Å². The number of tetrazole rings is 1. The number of nitrogens with one attached hydrogen (secondary N) is 1. The number of carbonyl (C=O) groups is 1. The molecule has 1 N–H and O–H groups in total. The Morgan fingerprint density at radius 1 is 1.11 bits per heavy atom. The molecule has 3 aromatic rings. The van der Waals surface area contributed by atoms with E-state index in [1.54, 1.807) is 6.07 Å². The second kappa shape index (κ2) is 8.97. The summed E-state index contributed by atoms with van der Waals surface area (Å²) >= 11 is 6.15. The molecule has 0 radical (unpaired) electrons. The van der Waals surface area contributed by atoms with Crippen molar-refractivity contribution in [2.75, 3.05) is 0 Å². The summed E-state index contributed by atoms with van der Waals surface area (Å²) in [6.07, 6.45) is 1.05. The maximum Gasteiger partial charge on any atom is 0.244 e. The number of carbonyl (C=O) groups excluding carboxylic acids is 1. The van der Waals surface area contributed by atoms with Gasteiger partial charge in [0.05, 0.1) is 11.1 Å². The topological polar surface area (TPSA) is 72.7 Å². The summed E-state index contributed by atoms with van der Waals surface area (Å²) in [6, 6.07) is 15.5. The van der Waals surface area contributed by atoms with Gasteiger partial charge in [-0.1, -0.05) is 61.8 Å². The highest BCUT2D eigenvalue weighted by atomic mass is 35.5. The Hall–Kier alpha value is -2.73. The van der Waals surface area contributed by atoms with E-state index in [4.69, 9.17) is 11.6 Å². The molecule has 0 aliphatic carbocycles. The van der Waals surface area contributed by atoms with Crippen molar-refractivity contribution in [1.29, 1.82) is 0 Å². The SMILES string of the molecule is CC(C)Cc1ccc([C@@H](C)NC(=O)Cn2nnc(-c3ccccc3Cl)n2)cc1. The van der Waals surface area contributed by atoms with Crippen LogP contribution in [0, 0.1) is 5.92 Å². The molecule has 0 spiro atoms. The molecule has 146 valence electrons. The van der Waals surface area contributed by atoms with Crippen molar-refractivity contribution in [2.45, 2.75) is 39.8 Å². The highest BCUT2D eigenvalue weighted by molar-refractivity contribution is 6.33. The number of aromatic nitrogens is 4. The molecule has 0 bridgehead atoms. The zero-order valence-electron chi connectivity index (χ0n) is 16.3. The largest absolute Gasteiger partial charge is 0.348 e. The van der Waals surface area contributed by atoms with Crippen molar-refractivity contribution in [2.24, 2.45) is 5.92 Å². The normalized spacial score (nSPS) is 12.2. The first-order chi connectivity index (χ1) is 13.4. The summed E-state index contributed by atoms with van der Waals surface area (Å²) in [6.45, 7) is 6.35. The number of hydrogen-bond acceptors (Lipinski definition) is 4. The van der Waals surface area contributed by atoms with E-state index in [0.29, 0.717) is 22.3 Å². The minimum atomic E-state index is -0.179. The average molecular weight is 398 g/mol. The molecule has 7 heteroatoms. The first kappa shape index (κ1) is 20.0. The molecule has 6 nitrogen and oxygen atoms in total. The highest BCUT2D eigenvalue weighted by Crippen LogP contribution is 2.23. The van der Waals surface area contributed by atoms with Crippen molar-refractivity contribution in [1.82, 2.24) is 25.5 Å². The third kappa shape index (κ3) is 5.16. The van der Waals surface area contributed by atoms with Crippen LogP contribution in [0.5, 0.6) is 0 Å². The molecule has 1 amide bonds. The minimum absolute atomic E-state index is 0.00672. The fourth-order valence-corrected chi connectivity index (χ4v) is 3.19. The number of benzene rings is 2. The number of nitrogens with zero attached hydrogens (tertiary/aromatic N) is 4. The molecule has 28 heavy (non-hydrogen) atoms. The van der Waals surface area contributed by atoms with E-state index in [-0.39, 0.29) is 18.5 Å². The van der Waals surface area contributed by atoms with Crippen LogP contribution in [-0.2, 0) is 17.8 Å². The lowest BCUT2D eigenvalue weighted by Gasteiger charge is -2.15. The third-order valence-corrected chi connectivity index (χ3v) is 4.68. The lowest BCUT2D eigenvalue weighted by molar-refractivity contribution is -0.122. The molecule has 2 aromatic carbocycles. The van der Waals surface area contributed by atoms with Crippen molar-refractivity contribution < 1.29 is 4.79 Å². The Morgan fingerprint density at radius 2 is 1.82 bits per heavy atom. The Kier molecular flexibility index (Phi) is 6.41. The number of amides is 1. The predicted molar refractivity (Wildman–Crippen MR) is 110 cm³/mol. The summed E-state index contributed by atoms with van der Waals surface area (Å²) in [5.41, 5.74) is 3.05. The van der Waals surface area contributed by atoms with Gasteiger partial charge in [0.2, 0.25) is 11.7 Å². The van der Waals surface area contributed by atoms with Crippen LogP contribution in [0.1, 0.15) is 37.9 Å². The molecule has 1 heterocycles. The maximum atomic E-state index is 12.4. The van der Waals surface area contributed by atoms with Gasteiger partial charge in [-0.3, -0.25) is 4.79 Å². The van der Waals surface area contributed by atoms with Gasteiger partial charge < -0.3 is 5.32 Å². The van der Waals surface area contributed by atoms with E-state index in [9.17, 15) is 4.79 Å². The molecule has 0 saturated heterocycles. The Labute approximate surface area is 169 Å². The molecule has 0 aliphatic rings. The maximum absolute atomic E-state index is 12.4. The summed E-state index contributed by atoms with van der Waals surface area (Å²) in [7, 11) is 0. The highest BCUT2D eigenvalue weighted by Gasteiger charge is 2.14. The van der Waals surface area contributed by atoms with Gasteiger partial charge in [-0.25, -0.2) is 0 Å². The summed E-state index contributed by atoms with van der Waals surface area (Å²) in [5.74, 6) is 0.836. The summed E-state index contributed by atoms with van der Waals surface area (Å²) in [4.78, 5) is 13.6. The van der Waals surface area contributed by atoms with Gasteiger partial charge in [0, 0.05) is 5.56 Å². The molecular weight excluding hydrogens is 374 g/mol. The predicted octanol–water partition coefficient (Wildman–Crippen LogP) is 4.07. The molecule has 0 aliphatic heterocycles. The summed E-state index contributed by atoms with van der Waals surface area (Å²) < 4.78 is 0. The van der Waals surface area contributed by atoms with Gasteiger partial charge >= 0.3 is 0 Å². The molecular formula is C21H24ClN5O. The van der Waals surface area contributed by atoms with Crippen molar-refractivity contribution in [3.63, 3.8) is 0 Å². The molecule has 0 unspecified atom stereocenters. The van der Waals surface area contributed by atoms with Crippen LogP contribution in [0.15, 0.2) is 48.5 Å². The average Bonchev–Trinajstić information content (AvgIpc) is 3.10. The van der Waals surface area contributed by atoms with Crippen LogP contribution in [0.4, 0.5) is 0 Å². The Balaban J connectivity index is 1.59. The van der Waals surface area contributed by atoms with E-state index in [2.05, 4.69) is 58.8 Å². The Morgan fingerprint density at radius 3 is 2.50 bits per heavy atom. The van der Waals surface area contributed by atoms with Gasteiger partial charge in [0.1, 0.15) is 6.54 Å². The zero-order valence-corrected chi connectivity index (χ0v) is 17.0. The third-order valence-electron chi connectivity index (χ3n) is 4.35. The lowest BCUT2D eigenvalue weighted by Crippen LogP contribution is -2.30. The standard InChI is InChI=1S/C21H24ClN5O/c1-14(2)12-16-8-10-17(11-9-16)15(3)23-20(28)13-27-25-21(24-26-27)18-6-4-5-7-19(18)22/h4-11,14-15H,12-13H2,1-3H3,(H,23,28)/t15-/m1/s1. The van der Waals surface area contributed by atoms with Crippen molar-refractivity contribution >= 4 is 17.5 Å². The van der Waals surface area contributed by atoms with E-state index in [1.165, 1.54) is 10.4 Å². The van der Waals surface area contributed by atoms with Crippen LogP contribution in [0.2, 0.25) is 5.02 Å². The van der Waals surface area contributed by atoms with Crippen LogP contribution < -0.4 is 5.32 Å². The van der Waals surface area contributed by atoms with Gasteiger partial charge in [-0.15, -0.1) is 10.2 Å². The fourth-order valence-electron chi connectivity index (χ4n) is 2.97. The number of halogens is 1. The second-order valence-corrected chi connectivity index (χ2v) is 7.66. The van der Waals surface area contributed by atoms with E-state index in [1.807, 2.05) is 25.1 Å². The van der Waals surface area contributed by atoms with Crippen LogP contribution in [0.3, 0.4) is 0 Å². The number of hydrogen-bond donors (Lipinski definition) is 1. The molecule has 0 saturated carbocycles. The first-order valence-electron chi connectivity index (χ1n) is 9.33. The van der Waals surface area contributed by atoms with Gasteiger partial charge in [0.25, 0.3) is 0 Å². The van der Waals surface area contributed by atoms with Crippen LogP contribution >= 0.6 is 11.6 Å². The monoisotopic (exact) mass is 397 g/mol. The van der Waals surface area contributed by atoms with Crippen LogP contribution in [-0.4, -0.2) is 26.1 Å². The zero-order chi connectivity index (χ0) is 20.1. The quantitative estimate of drug-likeness (QED) is 0.652. The number of rotatable bonds is 7. The molecule has 1 atom stereocenters. The van der Waals surface area contributed by atoms with Crippen molar-refractivity contribution in [3.8, 4) is 11.4 Å². The van der Waals surface area contributed by atoms with E-state index < -0.39 is 0 Å². The minimum Gasteiger partial charge on any atom is -0.348 e. The lowest BCUT2D eigenvalue weighted by atomic mass is 10.00. The molecule has 0 fully saturated rings. The van der Waals surface area contributed by atoms with E-state index >= 15 is 0 Å². The van der Waals surface area contributed by atoms with Gasteiger partial charge in [-0.05, 0) is 47.7 Å². The van der Waals surface area contributed by atoms with Crippen LogP contribution in [0.25, 0.3) is 11.4 Å². The van der Waals surface area contributed by atoms with Gasteiger partial charge in [0.15, 0.2) is 0 Å². The Bertz CT molecular complexity index is 936. The second-order valence-electron chi connectivity index (χ2n) is 7.25. The first-order valence-corrected chi connectivity index (χ1v) is 9.71. The fraction of sp³-hybridized carbons (Fsp3) is 0.333. The molecule has 1 aromatic heterocycles. The van der Waals surface area contributed by atoms with Gasteiger partial charge in [-0.2, -0.15) is 4.80 Å². The summed E-state index contributed by atoms with van der Waals surface area (Å²) in [5, 5.41) is 15.7.